The Morgan fingerprint density at radius 1 is 1.00 bits per heavy atom. The number of hydrogen-bond donors (Lipinski definition) is 0. The summed E-state index contributed by atoms with van der Waals surface area (Å²) in [5.74, 6) is 0.293. The lowest BCUT2D eigenvalue weighted by atomic mass is 10.2. The van der Waals surface area contributed by atoms with Crippen LogP contribution in [0.5, 0.6) is 0 Å². The maximum atomic E-state index is 11.8. The molecule has 0 atom stereocenters. The minimum atomic E-state index is -0.321. The number of benzene rings is 1. The van der Waals surface area contributed by atoms with Gasteiger partial charge in [-0.3, -0.25) is 4.79 Å². The lowest BCUT2D eigenvalue weighted by Gasteiger charge is -2.00. The van der Waals surface area contributed by atoms with Crippen molar-refractivity contribution in [1.82, 2.24) is 9.97 Å². The highest BCUT2D eigenvalue weighted by molar-refractivity contribution is 5.72. The Kier molecular flexibility index (Phi) is 2.19. The van der Waals surface area contributed by atoms with Gasteiger partial charge in [0.1, 0.15) is 5.39 Å². The predicted octanol–water partition coefficient (Wildman–Crippen LogP) is 2.25. The van der Waals surface area contributed by atoms with Crippen molar-refractivity contribution < 1.29 is 4.42 Å². The average molecular weight is 224 g/mol. The number of fused-ring (bicyclic) bond motifs is 1. The van der Waals surface area contributed by atoms with Crippen LogP contribution in [-0.2, 0) is 0 Å². The molecule has 3 rings (SSSR count). The molecular formula is C13H8N2O2. The van der Waals surface area contributed by atoms with Crippen molar-refractivity contribution in [2.45, 2.75) is 0 Å². The van der Waals surface area contributed by atoms with E-state index in [1.165, 1.54) is 0 Å². The van der Waals surface area contributed by atoms with Gasteiger partial charge in [0.15, 0.2) is 0 Å². The van der Waals surface area contributed by atoms with Crippen LogP contribution < -0.4 is 5.56 Å². The zero-order chi connectivity index (χ0) is 11.7. The van der Waals surface area contributed by atoms with Crippen molar-refractivity contribution in [3.05, 3.63) is 59.0 Å². The molecule has 4 heteroatoms. The molecule has 0 N–H and O–H groups in total. The van der Waals surface area contributed by atoms with E-state index in [1.807, 2.05) is 30.3 Å². The molecule has 2 aromatic heterocycles. The van der Waals surface area contributed by atoms with Gasteiger partial charge in [-0.15, -0.1) is 0 Å². The first kappa shape index (κ1) is 9.72. The Bertz CT molecular complexity index is 720. The summed E-state index contributed by atoms with van der Waals surface area (Å²) < 4.78 is 5.51. The zero-order valence-electron chi connectivity index (χ0n) is 8.83. The van der Waals surface area contributed by atoms with Crippen LogP contribution in [0.25, 0.3) is 22.6 Å². The summed E-state index contributed by atoms with van der Waals surface area (Å²) in [4.78, 5) is 19.7. The van der Waals surface area contributed by atoms with Crippen LogP contribution in [0.4, 0.5) is 0 Å². The van der Waals surface area contributed by atoms with Crippen LogP contribution in [0.2, 0.25) is 0 Å². The first-order chi connectivity index (χ1) is 8.34. The van der Waals surface area contributed by atoms with Gasteiger partial charge in [-0.25, -0.2) is 4.98 Å². The van der Waals surface area contributed by atoms with Crippen molar-refractivity contribution in [2.75, 3.05) is 0 Å². The van der Waals surface area contributed by atoms with Crippen molar-refractivity contribution in [1.29, 1.82) is 0 Å². The van der Waals surface area contributed by atoms with E-state index in [-0.39, 0.29) is 5.56 Å². The molecular weight excluding hydrogens is 216 g/mol. The molecule has 0 saturated carbocycles. The predicted molar refractivity (Wildman–Crippen MR) is 63.5 cm³/mol. The highest BCUT2D eigenvalue weighted by atomic mass is 16.4. The molecule has 0 aliphatic rings. The second-order valence-corrected chi connectivity index (χ2v) is 3.55. The Labute approximate surface area is 96.6 Å². The summed E-state index contributed by atoms with van der Waals surface area (Å²) in [5, 5.41) is 0.396. The number of rotatable bonds is 1. The first-order valence-corrected chi connectivity index (χ1v) is 5.16. The maximum absolute atomic E-state index is 11.8. The Morgan fingerprint density at radius 2 is 1.82 bits per heavy atom. The van der Waals surface area contributed by atoms with E-state index < -0.39 is 0 Å². The summed E-state index contributed by atoms with van der Waals surface area (Å²) in [6.45, 7) is 0. The molecule has 0 radical (unpaired) electrons. The molecule has 0 unspecified atom stereocenters. The molecule has 2 heterocycles. The van der Waals surface area contributed by atoms with E-state index >= 15 is 0 Å². The van der Waals surface area contributed by atoms with Gasteiger partial charge in [0.2, 0.25) is 11.6 Å². The van der Waals surface area contributed by atoms with Crippen molar-refractivity contribution >= 4 is 11.1 Å². The molecule has 0 fully saturated rings. The average Bonchev–Trinajstić information content (AvgIpc) is 2.40. The minimum Gasteiger partial charge on any atom is -0.419 e. The smallest absolute Gasteiger partial charge is 0.285 e. The highest BCUT2D eigenvalue weighted by Crippen LogP contribution is 2.17. The highest BCUT2D eigenvalue weighted by Gasteiger charge is 2.07. The van der Waals surface area contributed by atoms with Crippen LogP contribution in [0.1, 0.15) is 0 Å². The van der Waals surface area contributed by atoms with E-state index in [2.05, 4.69) is 9.97 Å². The molecule has 0 aliphatic heterocycles. The van der Waals surface area contributed by atoms with Gasteiger partial charge in [-0.2, -0.15) is 4.98 Å². The third kappa shape index (κ3) is 1.69. The van der Waals surface area contributed by atoms with Gasteiger partial charge < -0.3 is 4.42 Å². The largest absolute Gasteiger partial charge is 0.419 e. The van der Waals surface area contributed by atoms with Gasteiger partial charge >= 0.3 is 0 Å². The second-order valence-electron chi connectivity index (χ2n) is 3.55. The Morgan fingerprint density at radius 3 is 2.65 bits per heavy atom. The van der Waals surface area contributed by atoms with Crippen LogP contribution in [0.3, 0.4) is 0 Å². The van der Waals surface area contributed by atoms with Crippen molar-refractivity contribution in [3.63, 3.8) is 0 Å². The summed E-state index contributed by atoms with van der Waals surface area (Å²) in [7, 11) is 0. The number of pyridine rings is 1. The number of hydrogen-bond acceptors (Lipinski definition) is 4. The Hall–Kier alpha value is -2.49. The SMILES string of the molecule is O=c1nc(-c2ccccc2)oc2ncccc12. The molecule has 3 aromatic rings. The molecule has 0 spiro atoms. The molecule has 0 aliphatic carbocycles. The van der Waals surface area contributed by atoms with Gasteiger partial charge in [-0.1, -0.05) is 18.2 Å². The fourth-order valence-corrected chi connectivity index (χ4v) is 1.61. The van der Waals surface area contributed by atoms with Crippen LogP contribution in [-0.4, -0.2) is 9.97 Å². The standard InChI is InChI=1S/C13H8N2O2/c16-11-10-7-4-8-14-13(10)17-12(15-11)9-5-2-1-3-6-9/h1-8H. The minimum absolute atomic E-state index is 0.293. The van der Waals surface area contributed by atoms with E-state index in [4.69, 9.17) is 4.42 Å². The molecule has 4 nitrogen and oxygen atoms in total. The third-order valence-electron chi connectivity index (χ3n) is 2.42. The topological polar surface area (TPSA) is 56.0 Å². The van der Waals surface area contributed by atoms with Crippen molar-refractivity contribution in [3.8, 4) is 11.5 Å². The van der Waals surface area contributed by atoms with E-state index in [9.17, 15) is 4.79 Å². The van der Waals surface area contributed by atoms with Crippen molar-refractivity contribution in [2.24, 2.45) is 0 Å². The van der Waals surface area contributed by atoms with Crippen LogP contribution in [0, 0.1) is 0 Å². The van der Waals surface area contributed by atoms with E-state index in [1.54, 1.807) is 18.3 Å². The quantitative estimate of drug-likeness (QED) is 0.636. The fraction of sp³-hybridized carbons (Fsp3) is 0. The van der Waals surface area contributed by atoms with Gasteiger partial charge in [0, 0.05) is 11.8 Å². The Balaban J connectivity index is 2.30. The lowest BCUT2D eigenvalue weighted by molar-refractivity contribution is 0.583. The molecule has 0 saturated heterocycles. The normalized spacial score (nSPS) is 10.6. The van der Waals surface area contributed by atoms with E-state index in [0.717, 1.165) is 5.56 Å². The zero-order valence-corrected chi connectivity index (χ0v) is 8.83. The lowest BCUT2D eigenvalue weighted by Crippen LogP contribution is -2.07. The number of nitrogens with zero attached hydrogens (tertiary/aromatic N) is 2. The second kappa shape index (κ2) is 3.83. The molecule has 0 amide bonds. The fourth-order valence-electron chi connectivity index (χ4n) is 1.61. The summed E-state index contributed by atoms with van der Waals surface area (Å²) in [6.07, 6.45) is 1.58. The number of aromatic nitrogens is 2. The summed E-state index contributed by atoms with van der Waals surface area (Å²) in [5.41, 5.74) is 0.752. The monoisotopic (exact) mass is 224 g/mol. The first-order valence-electron chi connectivity index (χ1n) is 5.16. The maximum Gasteiger partial charge on any atom is 0.285 e. The van der Waals surface area contributed by atoms with Gasteiger partial charge in [0.25, 0.3) is 5.56 Å². The molecule has 82 valence electrons. The van der Waals surface area contributed by atoms with Crippen LogP contribution >= 0.6 is 0 Å². The van der Waals surface area contributed by atoms with E-state index in [0.29, 0.717) is 17.0 Å². The summed E-state index contributed by atoms with van der Waals surface area (Å²) >= 11 is 0. The molecule has 0 bridgehead atoms. The molecule has 1 aromatic carbocycles. The van der Waals surface area contributed by atoms with Gasteiger partial charge in [0.05, 0.1) is 0 Å². The third-order valence-corrected chi connectivity index (χ3v) is 2.42. The van der Waals surface area contributed by atoms with Crippen LogP contribution in [0.15, 0.2) is 57.9 Å². The molecule has 17 heavy (non-hydrogen) atoms. The van der Waals surface area contributed by atoms with Gasteiger partial charge in [-0.05, 0) is 24.3 Å². The summed E-state index contributed by atoms with van der Waals surface area (Å²) in [6, 6.07) is 12.6.